The molecular formula is C27H26FN3O2. The average molecular weight is 444 g/mol. The Balaban J connectivity index is 1.70. The van der Waals surface area contributed by atoms with Crippen molar-refractivity contribution in [1.82, 2.24) is 4.90 Å². The van der Waals surface area contributed by atoms with Crippen LogP contribution in [-0.2, 0) is 23.2 Å². The summed E-state index contributed by atoms with van der Waals surface area (Å²) in [5, 5.41) is 0. The van der Waals surface area contributed by atoms with Crippen LogP contribution in [0.1, 0.15) is 35.1 Å². The van der Waals surface area contributed by atoms with E-state index in [9.17, 15) is 9.18 Å². The molecule has 0 aromatic heterocycles. The second kappa shape index (κ2) is 8.03. The zero-order valence-corrected chi connectivity index (χ0v) is 18.8. The number of aryl methyl sites for hydroxylation is 2. The fourth-order valence-electron chi connectivity index (χ4n) is 4.91. The van der Waals surface area contributed by atoms with Crippen LogP contribution in [0.25, 0.3) is 11.1 Å². The van der Waals surface area contributed by atoms with Gasteiger partial charge in [0.15, 0.2) is 11.5 Å². The number of carbonyl (C=O) groups excluding carboxylic acids is 1. The van der Waals surface area contributed by atoms with E-state index in [1.54, 1.807) is 26.3 Å². The van der Waals surface area contributed by atoms with Crippen LogP contribution in [0.4, 0.5) is 4.39 Å². The Bertz CT molecular complexity index is 1290. The summed E-state index contributed by atoms with van der Waals surface area (Å²) in [6, 6.07) is 18.1. The number of benzene rings is 3. The molecule has 2 aliphatic rings. The first kappa shape index (κ1) is 21.2. The zero-order valence-electron chi connectivity index (χ0n) is 18.8. The Morgan fingerprint density at radius 3 is 2.48 bits per heavy atom. The Hall–Kier alpha value is -3.67. The number of nitrogens with two attached hydrogens (primary N) is 1. The van der Waals surface area contributed by atoms with Gasteiger partial charge in [0.1, 0.15) is 11.6 Å². The van der Waals surface area contributed by atoms with E-state index in [4.69, 9.17) is 15.5 Å². The van der Waals surface area contributed by atoms with E-state index in [-0.39, 0.29) is 17.7 Å². The normalized spacial score (nSPS) is 19.9. The van der Waals surface area contributed by atoms with E-state index < -0.39 is 5.54 Å². The number of halogens is 1. The van der Waals surface area contributed by atoms with E-state index in [2.05, 4.69) is 12.1 Å². The van der Waals surface area contributed by atoms with Crippen molar-refractivity contribution in [2.24, 2.45) is 10.7 Å². The third-order valence-corrected chi connectivity index (χ3v) is 6.77. The van der Waals surface area contributed by atoms with Crippen LogP contribution in [0, 0.1) is 5.82 Å². The minimum atomic E-state index is -1.31. The summed E-state index contributed by atoms with van der Waals surface area (Å²) in [6.45, 7) is 0. The van der Waals surface area contributed by atoms with Gasteiger partial charge in [-0.15, -0.1) is 0 Å². The summed E-state index contributed by atoms with van der Waals surface area (Å²) in [6.07, 6.45) is 4.34. The highest BCUT2D eigenvalue weighted by atomic mass is 19.1. The minimum absolute atomic E-state index is 0.163. The van der Waals surface area contributed by atoms with E-state index in [1.165, 1.54) is 28.5 Å². The molecule has 0 saturated carbocycles. The van der Waals surface area contributed by atoms with Gasteiger partial charge in [-0.3, -0.25) is 9.69 Å². The number of aliphatic imine (C=N–C) groups is 1. The fourth-order valence-corrected chi connectivity index (χ4v) is 4.91. The maximum absolute atomic E-state index is 14.7. The monoisotopic (exact) mass is 443 g/mol. The summed E-state index contributed by atoms with van der Waals surface area (Å²) in [4.78, 5) is 19.8. The molecule has 5 nitrogen and oxygen atoms in total. The van der Waals surface area contributed by atoms with Gasteiger partial charge in [-0.2, -0.15) is 0 Å². The van der Waals surface area contributed by atoms with Crippen LogP contribution in [0.2, 0.25) is 0 Å². The van der Waals surface area contributed by atoms with Gasteiger partial charge in [0.25, 0.3) is 5.91 Å². The third-order valence-electron chi connectivity index (χ3n) is 6.77. The highest BCUT2D eigenvalue weighted by Crippen LogP contribution is 2.42. The number of hydrogen-bond acceptors (Lipinski definition) is 4. The molecule has 1 aliphatic carbocycles. The molecule has 168 valence electrons. The van der Waals surface area contributed by atoms with Gasteiger partial charge in [-0.25, -0.2) is 9.38 Å². The molecule has 1 heterocycles. The summed E-state index contributed by atoms with van der Waals surface area (Å²) in [5.74, 6) is 0.128. The number of likely N-dealkylation sites (N-methyl/N-ethyl adjacent to an activating group) is 1. The van der Waals surface area contributed by atoms with Gasteiger partial charge in [-0.05, 0) is 77.8 Å². The molecule has 0 bridgehead atoms. The smallest absolute Gasteiger partial charge is 0.266 e. The average Bonchev–Trinajstić information content (AvgIpc) is 3.09. The summed E-state index contributed by atoms with van der Waals surface area (Å²) in [7, 11) is 3.18. The highest BCUT2D eigenvalue weighted by Gasteiger charge is 2.49. The maximum atomic E-state index is 14.7. The molecule has 1 atom stereocenters. The molecule has 33 heavy (non-hydrogen) atoms. The van der Waals surface area contributed by atoms with Crippen molar-refractivity contribution in [3.05, 3.63) is 88.7 Å². The van der Waals surface area contributed by atoms with Crippen molar-refractivity contribution >= 4 is 11.9 Å². The lowest BCUT2D eigenvalue weighted by Gasteiger charge is -2.28. The summed E-state index contributed by atoms with van der Waals surface area (Å²) < 4.78 is 20.0. The first-order valence-corrected chi connectivity index (χ1v) is 11.1. The SMILES string of the molecule is COc1ccc(F)c(-c2cccc(C3(c4ccc5c(c4)CCCC5)N=C(N)N(C)C3=O)c2)c1. The van der Waals surface area contributed by atoms with Crippen LogP contribution < -0.4 is 10.5 Å². The second-order valence-electron chi connectivity index (χ2n) is 8.66. The third kappa shape index (κ3) is 3.37. The molecule has 0 saturated heterocycles. The topological polar surface area (TPSA) is 67.9 Å². The van der Waals surface area contributed by atoms with Crippen molar-refractivity contribution in [3.63, 3.8) is 0 Å². The molecule has 5 rings (SSSR count). The molecule has 1 unspecified atom stereocenters. The van der Waals surface area contributed by atoms with E-state index >= 15 is 0 Å². The predicted molar refractivity (Wildman–Crippen MR) is 127 cm³/mol. The molecule has 2 N–H and O–H groups in total. The Morgan fingerprint density at radius 1 is 1.00 bits per heavy atom. The van der Waals surface area contributed by atoms with E-state index in [1.807, 2.05) is 30.3 Å². The summed E-state index contributed by atoms with van der Waals surface area (Å²) in [5.41, 5.74) is 9.88. The number of fused-ring (bicyclic) bond motifs is 1. The first-order valence-electron chi connectivity index (χ1n) is 11.1. The molecule has 0 radical (unpaired) electrons. The molecule has 1 aliphatic heterocycles. The molecule has 3 aromatic carbocycles. The van der Waals surface area contributed by atoms with Crippen LogP contribution in [0.5, 0.6) is 5.75 Å². The Morgan fingerprint density at radius 2 is 1.76 bits per heavy atom. The highest BCUT2D eigenvalue weighted by molar-refractivity contribution is 6.09. The van der Waals surface area contributed by atoms with Crippen LogP contribution in [0.15, 0.2) is 65.7 Å². The second-order valence-corrected chi connectivity index (χ2v) is 8.66. The van der Waals surface area contributed by atoms with Crippen molar-refractivity contribution in [3.8, 4) is 16.9 Å². The fraction of sp³-hybridized carbons (Fsp3) is 0.259. The number of rotatable bonds is 4. The van der Waals surface area contributed by atoms with Crippen molar-refractivity contribution in [2.75, 3.05) is 14.2 Å². The van der Waals surface area contributed by atoms with Gasteiger partial charge >= 0.3 is 0 Å². The van der Waals surface area contributed by atoms with Gasteiger partial charge in [0.2, 0.25) is 0 Å². The first-order chi connectivity index (χ1) is 15.9. The quantitative estimate of drug-likeness (QED) is 0.650. The zero-order chi connectivity index (χ0) is 23.2. The van der Waals surface area contributed by atoms with E-state index in [0.717, 1.165) is 24.8 Å². The number of ether oxygens (including phenoxy) is 1. The molecule has 6 heteroatoms. The largest absolute Gasteiger partial charge is 0.497 e. The molecule has 0 fully saturated rings. The lowest BCUT2D eigenvalue weighted by atomic mass is 9.79. The maximum Gasteiger partial charge on any atom is 0.266 e. The number of nitrogens with zero attached hydrogens (tertiary/aromatic N) is 2. The lowest BCUT2D eigenvalue weighted by Crippen LogP contribution is -2.41. The van der Waals surface area contributed by atoms with Gasteiger partial charge in [0, 0.05) is 12.6 Å². The Labute approximate surface area is 192 Å². The standard InChI is InChI=1S/C27H26FN3O2/c1-31-25(32)27(30-26(31)29,21-11-10-17-6-3-4-7-18(17)14-21)20-9-5-8-19(15-20)23-16-22(33-2)12-13-24(23)28/h5,8-16H,3-4,6-7H2,1-2H3,(H2,29,30). The van der Waals surface area contributed by atoms with Gasteiger partial charge in [0.05, 0.1) is 7.11 Å². The van der Waals surface area contributed by atoms with Crippen LogP contribution in [0.3, 0.4) is 0 Å². The van der Waals surface area contributed by atoms with Gasteiger partial charge < -0.3 is 10.5 Å². The van der Waals surface area contributed by atoms with E-state index in [0.29, 0.717) is 22.4 Å². The summed E-state index contributed by atoms with van der Waals surface area (Å²) >= 11 is 0. The lowest BCUT2D eigenvalue weighted by molar-refractivity contribution is -0.129. The van der Waals surface area contributed by atoms with Crippen molar-refractivity contribution < 1.29 is 13.9 Å². The molecule has 1 amide bonds. The van der Waals surface area contributed by atoms with Crippen LogP contribution in [-0.4, -0.2) is 30.9 Å². The molecule has 3 aromatic rings. The van der Waals surface area contributed by atoms with Crippen LogP contribution >= 0.6 is 0 Å². The molecular weight excluding hydrogens is 417 g/mol. The van der Waals surface area contributed by atoms with Crippen molar-refractivity contribution in [2.45, 2.75) is 31.2 Å². The predicted octanol–water partition coefficient (Wildman–Crippen LogP) is 4.41. The number of guanidine groups is 1. The molecule has 0 spiro atoms. The minimum Gasteiger partial charge on any atom is -0.497 e. The van der Waals surface area contributed by atoms with Crippen molar-refractivity contribution in [1.29, 1.82) is 0 Å². The number of methoxy groups -OCH3 is 1. The number of hydrogen-bond donors (Lipinski definition) is 1. The number of amides is 1. The number of carbonyl (C=O) groups is 1. The Kier molecular flexibility index (Phi) is 5.16. The van der Waals surface area contributed by atoms with Gasteiger partial charge in [-0.1, -0.05) is 36.4 Å².